The zero-order chi connectivity index (χ0) is 6.60. The molecule has 0 aliphatic heterocycles. The summed E-state index contributed by atoms with van der Waals surface area (Å²) in [5.41, 5.74) is 0.759. The van der Waals surface area contributed by atoms with E-state index in [-0.39, 0.29) is 0 Å². The van der Waals surface area contributed by atoms with E-state index < -0.39 is 0 Å². The normalized spacial score (nSPS) is 54.4. The second-order valence-electron chi connectivity index (χ2n) is 3.95. The van der Waals surface area contributed by atoms with Crippen molar-refractivity contribution < 1.29 is 0 Å². The predicted octanol–water partition coefficient (Wildman–Crippen LogP) is 2.53. The molecule has 1 saturated carbocycles. The molecule has 52 valence electrons. The first-order valence-corrected chi connectivity index (χ1v) is 4.25. The molecule has 0 N–H and O–H groups in total. The van der Waals surface area contributed by atoms with Gasteiger partial charge in [0.1, 0.15) is 0 Å². The van der Waals surface area contributed by atoms with Gasteiger partial charge in [0.05, 0.1) is 0 Å². The van der Waals surface area contributed by atoms with Gasteiger partial charge in [-0.1, -0.05) is 24.3 Å². The minimum absolute atomic E-state index is 0.759. The van der Waals surface area contributed by atoms with Crippen molar-refractivity contribution in [1.82, 2.24) is 0 Å². The molecule has 0 radical (unpaired) electrons. The molecule has 3 aliphatic carbocycles. The highest BCUT2D eigenvalue weighted by atomic mass is 14.6. The van der Waals surface area contributed by atoms with E-state index in [1.54, 1.807) is 0 Å². The van der Waals surface area contributed by atoms with Gasteiger partial charge in [-0.2, -0.15) is 0 Å². The average Bonchev–Trinajstić information content (AvgIpc) is 2.51. The number of allylic oxidation sites excluding steroid dienone is 4. The molecule has 0 aromatic rings. The Bertz CT molecular complexity index is 224. The summed E-state index contributed by atoms with van der Waals surface area (Å²) >= 11 is 0. The lowest BCUT2D eigenvalue weighted by molar-refractivity contribution is 0.370. The van der Waals surface area contributed by atoms with E-state index in [1.807, 2.05) is 0 Å². The maximum atomic E-state index is 2.43. The van der Waals surface area contributed by atoms with Crippen LogP contribution in [0.1, 0.15) is 19.3 Å². The Kier molecular flexibility index (Phi) is 0.719. The Labute approximate surface area is 61.6 Å². The number of rotatable bonds is 0. The van der Waals surface area contributed by atoms with Crippen LogP contribution in [0.2, 0.25) is 0 Å². The largest absolute Gasteiger partial charge is 0.0876 e. The zero-order valence-electron chi connectivity index (χ0n) is 6.09. The van der Waals surface area contributed by atoms with Crippen LogP contribution >= 0.6 is 0 Å². The van der Waals surface area contributed by atoms with E-state index in [1.165, 1.54) is 19.3 Å². The second-order valence-corrected chi connectivity index (χ2v) is 3.95. The van der Waals surface area contributed by atoms with Crippen LogP contribution in [0.5, 0.6) is 0 Å². The Balaban J connectivity index is 2.04. The molecule has 0 saturated heterocycles. The molecule has 0 aromatic carbocycles. The molecule has 3 unspecified atom stereocenters. The van der Waals surface area contributed by atoms with Crippen LogP contribution in [0.25, 0.3) is 0 Å². The number of hydrogen-bond acceptors (Lipinski definition) is 0. The van der Waals surface area contributed by atoms with Gasteiger partial charge in [-0.3, -0.25) is 0 Å². The summed E-state index contributed by atoms with van der Waals surface area (Å²) < 4.78 is 0. The van der Waals surface area contributed by atoms with Crippen LogP contribution in [0, 0.1) is 17.3 Å². The van der Waals surface area contributed by atoms with E-state index in [0.717, 1.165) is 17.3 Å². The monoisotopic (exact) mass is 132 g/mol. The molecule has 1 spiro atoms. The SMILES string of the molecule is C1=CC2CC23CC=CC3C1. The summed E-state index contributed by atoms with van der Waals surface area (Å²) in [4.78, 5) is 0. The van der Waals surface area contributed by atoms with Crippen molar-refractivity contribution in [2.45, 2.75) is 19.3 Å². The minimum Gasteiger partial charge on any atom is -0.0876 e. The molecule has 0 nitrogen and oxygen atoms in total. The lowest BCUT2D eigenvalue weighted by Crippen LogP contribution is -2.12. The second kappa shape index (κ2) is 1.39. The maximum Gasteiger partial charge on any atom is -0.0128 e. The molecule has 3 aliphatic rings. The number of hydrogen-bond donors (Lipinski definition) is 0. The highest BCUT2D eigenvalue weighted by molar-refractivity contribution is 5.27. The van der Waals surface area contributed by atoms with Crippen LogP contribution in [0.3, 0.4) is 0 Å². The van der Waals surface area contributed by atoms with Gasteiger partial charge in [0.15, 0.2) is 0 Å². The Morgan fingerprint density at radius 3 is 2.90 bits per heavy atom. The molecule has 0 amide bonds. The van der Waals surface area contributed by atoms with Gasteiger partial charge >= 0.3 is 0 Å². The predicted molar refractivity (Wildman–Crippen MR) is 41.5 cm³/mol. The lowest BCUT2D eigenvalue weighted by Gasteiger charge is -2.20. The molecule has 0 heterocycles. The molecular weight excluding hydrogens is 120 g/mol. The zero-order valence-corrected chi connectivity index (χ0v) is 6.09. The molecule has 1 fully saturated rings. The molecular formula is C10H12. The quantitative estimate of drug-likeness (QED) is 0.444. The average molecular weight is 132 g/mol. The molecule has 3 atom stereocenters. The van der Waals surface area contributed by atoms with Crippen LogP contribution < -0.4 is 0 Å². The van der Waals surface area contributed by atoms with Crippen molar-refractivity contribution in [2.75, 3.05) is 0 Å². The first kappa shape index (κ1) is 5.17. The minimum atomic E-state index is 0.759. The molecule has 0 bridgehead atoms. The summed E-state index contributed by atoms with van der Waals surface area (Å²) in [5, 5.41) is 0. The van der Waals surface area contributed by atoms with Gasteiger partial charge in [-0.05, 0) is 36.5 Å². The van der Waals surface area contributed by atoms with Crippen LogP contribution in [-0.2, 0) is 0 Å². The molecule has 0 heteroatoms. The van der Waals surface area contributed by atoms with E-state index >= 15 is 0 Å². The third-order valence-corrected chi connectivity index (χ3v) is 3.54. The summed E-state index contributed by atoms with van der Waals surface area (Å²) in [6.07, 6.45) is 13.8. The van der Waals surface area contributed by atoms with Gasteiger partial charge in [-0.25, -0.2) is 0 Å². The van der Waals surface area contributed by atoms with Crippen molar-refractivity contribution in [3.05, 3.63) is 24.3 Å². The highest BCUT2D eigenvalue weighted by Crippen LogP contribution is 2.66. The molecule has 3 rings (SSSR count). The fraction of sp³-hybridized carbons (Fsp3) is 0.600. The first-order chi connectivity index (χ1) is 4.92. The van der Waals surface area contributed by atoms with Crippen molar-refractivity contribution in [3.63, 3.8) is 0 Å². The van der Waals surface area contributed by atoms with Gasteiger partial charge < -0.3 is 0 Å². The van der Waals surface area contributed by atoms with Crippen molar-refractivity contribution in [1.29, 1.82) is 0 Å². The van der Waals surface area contributed by atoms with E-state index in [4.69, 9.17) is 0 Å². The van der Waals surface area contributed by atoms with E-state index in [0.29, 0.717) is 0 Å². The summed E-state index contributed by atoms with van der Waals surface area (Å²) in [6.45, 7) is 0. The molecule has 0 aromatic heterocycles. The standard InChI is InChI=1S/C10H12/c1-3-8-5-2-6-10(8)7-9(10)4-1/h1-2,4-5,8-9H,3,6-7H2. The van der Waals surface area contributed by atoms with Crippen LogP contribution in [0.4, 0.5) is 0 Å². The first-order valence-electron chi connectivity index (χ1n) is 4.25. The Morgan fingerprint density at radius 1 is 1.10 bits per heavy atom. The smallest absolute Gasteiger partial charge is 0.0128 e. The van der Waals surface area contributed by atoms with Gasteiger partial charge in [-0.15, -0.1) is 0 Å². The van der Waals surface area contributed by atoms with Crippen LogP contribution in [-0.4, -0.2) is 0 Å². The van der Waals surface area contributed by atoms with Gasteiger partial charge in [0, 0.05) is 0 Å². The van der Waals surface area contributed by atoms with Crippen LogP contribution in [0.15, 0.2) is 24.3 Å². The van der Waals surface area contributed by atoms with Gasteiger partial charge in [0.25, 0.3) is 0 Å². The summed E-state index contributed by atoms with van der Waals surface area (Å²) in [5.74, 6) is 1.88. The fourth-order valence-corrected chi connectivity index (χ4v) is 2.77. The lowest BCUT2D eigenvalue weighted by atomic mass is 9.84. The highest BCUT2D eigenvalue weighted by Gasteiger charge is 2.58. The topological polar surface area (TPSA) is 0 Å². The molecule has 10 heavy (non-hydrogen) atoms. The fourth-order valence-electron chi connectivity index (χ4n) is 2.77. The van der Waals surface area contributed by atoms with E-state index in [9.17, 15) is 0 Å². The van der Waals surface area contributed by atoms with Crippen molar-refractivity contribution in [2.24, 2.45) is 17.3 Å². The maximum absolute atomic E-state index is 2.43. The Morgan fingerprint density at radius 2 is 2.00 bits per heavy atom. The van der Waals surface area contributed by atoms with Gasteiger partial charge in [0.2, 0.25) is 0 Å². The summed E-state index contributed by atoms with van der Waals surface area (Å²) in [6, 6.07) is 0. The van der Waals surface area contributed by atoms with Crippen molar-refractivity contribution >= 4 is 0 Å². The Hall–Kier alpha value is -0.520. The van der Waals surface area contributed by atoms with Crippen molar-refractivity contribution in [3.8, 4) is 0 Å². The summed E-state index contributed by atoms with van der Waals surface area (Å²) in [7, 11) is 0. The van der Waals surface area contributed by atoms with E-state index in [2.05, 4.69) is 24.3 Å². The third kappa shape index (κ3) is 0.416. The third-order valence-electron chi connectivity index (χ3n) is 3.54.